The van der Waals surface area contributed by atoms with E-state index in [2.05, 4.69) is 25.5 Å². The van der Waals surface area contributed by atoms with Gasteiger partial charge in [-0.3, -0.25) is 19.0 Å². The Balaban J connectivity index is 1.49. The molecule has 0 radical (unpaired) electrons. The van der Waals surface area contributed by atoms with Crippen LogP contribution in [0.25, 0.3) is 10.3 Å². The van der Waals surface area contributed by atoms with Gasteiger partial charge in [-0.2, -0.15) is 4.98 Å². The van der Waals surface area contributed by atoms with Crippen molar-refractivity contribution in [3.8, 4) is 0 Å². The number of nitrogens with one attached hydrogen (secondary N) is 2. The minimum atomic E-state index is -0.297. The van der Waals surface area contributed by atoms with Gasteiger partial charge < -0.3 is 15.5 Å². The van der Waals surface area contributed by atoms with Gasteiger partial charge in [-0.05, 0) is 37.8 Å². The Morgan fingerprint density at radius 1 is 1.27 bits per heavy atom. The minimum absolute atomic E-state index is 0.0720. The molecule has 9 nitrogen and oxygen atoms in total. The Morgan fingerprint density at radius 3 is 2.88 bits per heavy atom. The van der Waals surface area contributed by atoms with Crippen molar-refractivity contribution >= 4 is 44.3 Å². The molecule has 10 heteroatoms. The van der Waals surface area contributed by atoms with Gasteiger partial charge in [0.05, 0.1) is 5.92 Å². The number of anilines is 2. The highest BCUT2D eigenvalue weighted by Crippen LogP contribution is 2.29. The topological polar surface area (TPSA) is 109 Å². The van der Waals surface area contributed by atoms with Crippen LogP contribution in [0.1, 0.15) is 31.7 Å². The lowest BCUT2D eigenvalue weighted by Gasteiger charge is -2.31. The van der Waals surface area contributed by atoms with Gasteiger partial charge in [0.1, 0.15) is 17.6 Å². The predicted molar refractivity (Wildman–Crippen MR) is 130 cm³/mol. The van der Waals surface area contributed by atoms with E-state index in [1.54, 1.807) is 0 Å². The maximum absolute atomic E-state index is 13.0. The Morgan fingerprint density at radius 2 is 2.09 bits per heavy atom. The fourth-order valence-corrected chi connectivity index (χ4v) is 4.90. The number of hydrogen-bond acceptors (Lipinski definition) is 7. The number of benzene rings is 1. The molecule has 1 aromatic carbocycles. The van der Waals surface area contributed by atoms with Gasteiger partial charge in [-0.25, -0.2) is 4.98 Å². The summed E-state index contributed by atoms with van der Waals surface area (Å²) in [6, 6.07) is 7.48. The number of rotatable bonds is 7. The van der Waals surface area contributed by atoms with Crippen LogP contribution in [-0.2, 0) is 16.1 Å². The third kappa shape index (κ3) is 5.22. The van der Waals surface area contributed by atoms with E-state index >= 15 is 0 Å². The molecule has 3 aromatic rings. The average Bonchev–Trinajstić information content (AvgIpc) is 3.26. The lowest BCUT2D eigenvalue weighted by atomic mass is 9.97. The van der Waals surface area contributed by atoms with Crippen molar-refractivity contribution in [2.75, 3.05) is 29.9 Å². The van der Waals surface area contributed by atoms with Crippen LogP contribution >= 0.6 is 11.3 Å². The average molecular weight is 469 g/mol. The van der Waals surface area contributed by atoms with Gasteiger partial charge in [-0.1, -0.05) is 36.5 Å². The van der Waals surface area contributed by atoms with Crippen molar-refractivity contribution in [3.05, 3.63) is 46.5 Å². The second-order valence-electron chi connectivity index (χ2n) is 8.27. The Bertz CT molecular complexity index is 1220. The molecule has 1 aliphatic heterocycles. The minimum Gasteiger partial charge on any atom is -0.356 e. The molecule has 1 fully saturated rings. The number of fused-ring (bicyclic) bond motifs is 1. The fourth-order valence-electron chi connectivity index (χ4n) is 3.90. The molecule has 174 valence electrons. The standard InChI is InChI=1S/C23H28N6O3S/c1-3-10-24-21(31)16-8-6-11-28(12-16)23-27-20-19(33-23)22(32)29(14-25-20)13-18(30)26-17-9-5-4-7-15(17)2/h4-5,7,9,14,16H,3,6,8,10-13H2,1-2H3,(H,24,31)(H,26,30)/t16-/m1/s1. The number of hydrogen-bond donors (Lipinski definition) is 2. The molecule has 1 atom stereocenters. The molecule has 0 saturated carbocycles. The number of piperidine rings is 1. The van der Waals surface area contributed by atoms with Gasteiger partial charge in [0, 0.05) is 25.3 Å². The summed E-state index contributed by atoms with van der Waals surface area (Å²) in [7, 11) is 0. The first-order valence-corrected chi connectivity index (χ1v) is 12.0. The Labute approximate surface area is 195 Å². The second kappa shape index (κ2) is 10.1. The van der Waals surface area contributed by atoms with Crippen molar-refractivity contribution < 1.29 is 9.59 Å². The summed E-state index contributed by atoms with van der Waals surface area (Å²) in [5, 5.41) is 6.49. The lowest BCUT2D eigenvalue weighted by molar-refractivity contribution is -0.125. The van der Waals surface area contributed by atoms with E-state index in [0.717, 1.165) is 31.4 Å². The zero-order valence-corrected chi connectivity index (χ0v) is 19.7. The summed E-state index contributed by atoms with van der Waals surface area (Å²) >= 11 is 1.27. The quantitative estimate of drug-likeness (QED) is 0.552. The Hall–Kier alpha value is -3.27. The summed E-state index contributed by atoms with van der Waals surface area (Å²) in [6.45, 7) is 5.84. The van der Waals surface area contributed by atoms with Crippen LogP contribution in [0.2, 0.25) is 0 Å². The van der Waals surface area contributed by atoms with Crippen LogP contribution in [0.4, 0.5) is 10.8 Å². The molecule has 0 aliphatic carbocycles. The number of aryl methyl sites for hydroxylation is 1. The summed E-state index contributed by atoms with van der Waals surface area (Å²) < 4.78 is 1.71. The summed E-state index contributed by atoms with van der Waals surface area (Å²) in [5.74, 6) is -0.316. The van der Waals surface area contributed by atoms with Gasteiger partial charge in [0.2, 0.25) is 11.8 Å². The van der Waals surface area contributed by atoms with Crippen LogP contribution in [0.5, 0.6) is 0 Å². The zero-order chi connectivity index (χ0) is 23.4. The molecule has 0 spiro atoms. The van der Waals surface area contributed by atoms with Crippen LogP contribution < -0.4 is 21.1 Å². The maximum atomic E-state index is 13.0. The number of para-hydroxylation sites is 1. The summed E-state index contributed by atoms with van der Waals surface area (Å²) in [6.07, 6.45) is 4.00. The largest absolute Gasteiger partial charge is 0.356 e. The van der Waals surface area contributed by atoms with E-state index in [9.17, 15) is 14.4 Å². The van der Waals surface area contributed by atoms with Crippen LogP contribution in [0, 0.1) is 12.8 Å². The highest BCUT2D eigenvalue weighted by molar-refractivity contribution is 7.22. The van der Waals surface area contributed by atoms with Gasteiger partial charge >= 0.3 is 0 Å². The van der Waals surface area contributed by atoms with Gasteiger partial charge in [-0.15, -0.1) is 0 Å². The predicted octanol–water partition coefficient (Wildman–Crippen LogP) is 2.54. The number of carbonyl (C=O) groups is 2. The first-order chi connectivity index (χ1) is 16.0. The van der Waals surface area contributed by atoms with Crippen molar-refractivity contribution in [2.24, 2.45) is 5.92 Å². The molecular formula is C23H28N6O3S. The number of thiazole rings is 1. The second-order valence-corrected chi connectivity index (χ2v) is 9.24. The molecule has 0 unspecified atom stereocenters. The van der Waals surface area contributed by atoms with Crippen molar-refractivity contribution in [1.82, 2.24) is 19.9 Å². The Kier molecular flexibility index (Phi) is 7.02. The van der Waals surface area contributed by atoms with E-state index in [1.165, 1.54) is 22.2 Å². The van der Waals surface area contributed by atoms with Crippen molar-refractivity contribution in [1.29, 1.82) is 0 Å². The lowest BCUT2D eigenvalue weighted by Crippen LogP contribution is -2.43. The third-order valence-corrected chi connectivity index (χ3v) is 6.81. The van der Waals surface area contributed by atoms with Crippen molar-refractivity contribution in [3.63, 3.8) is 0 Å². The molecule has 3 heterocycles. The number of amides is 2. The number of nitrogens with zero attached hydrogens (tertiary/aromatic N) is 4. The monoisotopic (exact) mass is 468 g/mol. The van der Waals surface area contributed by atoms with E-state index in [-0.39, 0.29) is 29.8 Å². The summed E-state index contributed by atoms with van der Waals surface area (Å²) in [5.41, 5.74) is 1.74. The van der Waals surface area contributed by atoms with E-state index < -0.39 is 0 Å². The molecule has 2 aromatic heterocycles. The molecule has 0 bridgehead atoms. The molecular weight excluding hydrogens is 440 g/mol. The van der Waals surface area contributed by atoms with Crippen LogP contribution in [-0.4, -0.2) is 46.0 Å². The van der Waals surface area contributed by atoms with E-state index in [1.807, 2.05) is 38.1 Å². The van der Waals surface area contributed by atoms with E-state index in [0.29, 0.717) is 34.3 Å². The molecule has 33 heavy (non-hydrogen) atoms. The molecule has 1 aliphatic rings. The normalized spacial score (nSPS) is 16.1. The van der Waals surface area contributed by atoms with Gasteiger partial charge in [0.15, 0.2) is 10.8 Å². The third-order valence-electron chi connectivity index (χ3n) is 5.72. The number of carbonyl (C=O) groups excluding carboxylic acids is 2. The zero-order valence-electron chi connectivity index (χ0n) is 18.8. The summed E-state index contributed by atoms with van der Waals surface area (Å²) in [4.78, 5) is 48.8. The first kappa shape index (κ1) is 22.9. The van der Waals surface area contributed by atoms with E-state index in [4.69, 9.17) is 0 Å². The highest BCUT2D eigenvalue weighted by Gasteiger charge is 2.27. The smallest absolute Gasteiger partial charge is 0.273 e. The van der Waals surface area contributed by atoms with Crippen LogP contribution in [0.3, 0.4) is 0 Å². The maximum Gasteiger partial charge on any atom is 0.273 e. The van der Waals surface area contributed by atoms with Crippen molar-refractivity contribution in [2.45, 2.75) is 39.7 Å². The highest BCUT2D eigenvalue weighted by atomic mass is 32.1. The number of aromatic nitrogens is 3. The molecule has 4 rings (SSSR count). The fraction of sp³-hybridized carbons (Fsp3) is 0.435. The van der Waals surface area contributed by atoms with Gasteiger partial charge in [0.25, 0.3) is 5.56 Å². The molecule has 1 saturated heterocycles. The first-order valence-electron chi connectivity index (χ1n) is 11.2. The van der Waals surface area contributed by atoms with Crippen LogP contribution in [0.15, 0.2) is 35.4 Å². The molecule has 2 N–H and O–H groups in total. The SMILES string of the molecule is CCCNC(=O)[C@@H]1CCCN(c2nc3ncn(CC(=O)Nc4ccccc4C)c(=O)c3s2)C1. The molecule has 2 amide bonds.